The summed E-state index contributed by atoms with van der Waals surface area (Å²) in [6.07, 6.45) is 3.93. The van der Waals surface area contributed by atoms with Gasteiger partial charge in [0.05, 0.1) is 17.6 Å². The molecule has 3 aromatic carbocycles. The fraction of sp³-hybridized carbons (Fsp3) is 0.310. The molecule has 0 aliphatic heterocycles. The third kappa shape index (κ3) is 6.04. The van der Waals surface area contributed by atoms with Crippen molar-refractivity contribution >= 4 is 16.9 Å². The van der Waals surface area contributed by atoms with Crippen LogP contribution in [0.25, 0.3) is 11.0 Å². The maximum Gasteiger partial charge on any atom is 0.251 e. The third-order valence-electron chi connectivity index (χ3n) is 6.04. The van der Waals surface area contributed by atoms with Crippen molar-refractivity contribution < 1.29 is 9.53 Å². The highest BCUT2D eigenvalue weighted by Gasteiger charge is 2.11. The highest BCUT2D eigenvalue weighted by molar-refractivity contribution is 5.94. The predicted octanol–water partition coefficient (Wildman–Crippen LogP) is 5.87. The molecule has 0 atom stereocenters. The Labute approximate surface area is 201 Å². The average molecular weight is 456 g/mol. The van der Waals surface area contributed by atoms with E-state index < -0.39 is 0 Å². The van der Waals surface area contributed by atoms with E-state index in [0.717, 1.165) is 60.4 Å². The Balaban J connectivity index is 1.29. The fourth-order valence-corrected chi connectivity index (χ4v) is 4.25. The molecule has 176 valence electrons. The summed E-state index contributed by atoms with van der Waals surface area (Å²) in [5.41, 5.74) is 5.29. The van der Waals surface area contributed by atoms with E-state index >= 15 is 0 Å². The van der Waals surface area contributed by atoms with Crippen molar-refractivity contribution in [3.63, 3.8) is 0 Å². The second-order valence-electron chi connectivity index (χ2n) is 8.72. The van der Waals surface area contributed by atoms with Crippen LogP contribution in [-0.2, 0) is 13.0 Å². The van der Waals surface area contributed by atoms with E-state index in [9.17, 15) is 4.79 Å². The zero-order chi connectivity index (χ0) is 23.8. The number of amides is 1. The number of hydrogen-bond donors (Lipinski definition) is 1. The number of para-hydroxylation sites is 2. The standard InChI is InChI=1S/C29H33N3O2/c1-22-16-17-27(23(2)21-22)34-20-19-32-26-14-9-8-13-25(26)31-28(32)15-7-4-10-18-30-29(33)24-11-5-3-6-12-24/h3,5-6,8-9,11-14,16-17,21H,4,7,10,15,18-20H2,1-2H3,(H,30,33). The van der Waals surface area contributed by atoms with E-state index in [0.29, 0.717) is 18.7 Å². The normalized spacial score (nSPS) is 11.0. The van der Waals surface area contributed by atoms with Crippen LogP contribution in [0, 0.1) is 13.8 Å². The Morgan fingerprint density at radius 3 is 2.56 bits per heavy atom. The van der Waals surface area contributed by atoms with Gasteiger partial charge < -0.3 is 14.6 Å². The van der Waals surface area contributed by atoms with Crippen LogP contribution in [0.1, 0.15) is 46.6 Å². The number of unbranched alkanes of at least 4 members (excludes halogenated alkanes) is 2. The van der Waals surface area contributed by atoms with Crippen molar-refractivity contribution in [1.29, 1.82) is 0 Å². The van der Waals surface area contributed by atoms with Gasteiger partial charge in [0.1, 0.15) is 18.2 Å². The van der Waals surface area contributed by atoms with Crippen LogP contribution in [0.15, 0.2) is 72.8 Å². The largest absolute Gasteiger partial charge is 0.491 e. The lowest BCUT2D eigenvalue weighted by Crippen LogP contribution is -2.24. The monoisotopic (exact) mass is 455 g/mol. The Bertz CT molecular complexity index is 1230. The molecule has 4 aromatic rings. The molecule has 4 rings (SSSR count). The van der Waals surface area contributed by atoms with Crippen LogP contribution in [0.5, 0.6) is 5.75 Å². The van der Waals surface area contributed by atoms with Gasteiger partial charge in [0.25, 0.3) is 5.91 Å². The molecule has 0 aliphatic carbocycles. The molecule has 0 saturated heterocycles. The summed E-state index contributed by atoms with van der Waals surface area (Å²) in [7, 11) is 0. The van der Waals surface area contributed by atoms with Gasteiger partial charge >= 0.3 is 0 Å². The Morgan fingerprint density at radius 2 is 1.74 bits per heavy atom. The van der Waals surface area contributed by atoms with Crippen LogP contribution in [0.2, 0.25) is 0 Å². The molecule has 1 amide bonds. The first-order chi connectivity index (χ1) is 16.6. The zero-order valence-corrected chi connectivity index (χ0v) is 20.1. The smallest absolute Gasteiger partial charge is 0.251 e. The van der Waals surface area contributed by atoms with E-state index in [1.807, 2.05) is 42.5 Å². The van der Waals surface area contributed by atoms with Gasteiger partial charge in [-0.15, -0.1) is 0 Å². The second kappa shape index (κ2) is 11.5. The predicted molar refractivity (Wildman–Crippen MR) is 137 cm³/mol. The number of aromatic nitrogens is 2. The molecule has 0 aliphatic rings. The number of fused-ring (bicyclic) bond motifs is 1. The second-order valence-corrected chi connectivity index (χ2v) is 8.72. The number of ether oxygens (including phenoxy) is 1. The number of benzene rings is 3. The molecule has 1 N–H and O–H groups in total. The van der Waals surface area contributed by atoms with Gasteiger partial charge in [-0.05, 0) is 62.6 Å². The molecule has 34 heavy (non-hydrogen) atoms. The Hall–Kier alpha value is -3.60. The number of imidazole rings is 1. The molecular formula is C29H33N3O2. The van der Waals surface area contributed by atoms with Gasteiger partial charge in [0, 0.05) is 18.5 Å². The lowest BCUT2D eigenvalue weighted by molar-refractivity contribution is 0.0953. The summed E-state index contributed by atoms with van der Waals surface area (Å²) >= 11 is 0. The minimum Gasteiger partial charge on any atom is -0.491 e. The first-order valence-corrected chi connectivity index (χ1v) is 12.1. The van der Waals surface area contributed by atoms with Gasteiger partial charge in [-0.2, -0.15) is 0 Å². The van der Waals surface area contributed by atoms with E-state index in [4.69, 9.17) is 9.72 Å². The molecule has 5 nitrogen and oxygen atoms in total. The topological polar surface area (TPSA) is 56.1 Å². The zero-order valence-electron chi connectivity index (χ0n) is 20.1. The number of nitrogens with one attached hydrogen (secondary N) is 1. The number of hydrogen-bond acceptors (Lipinski definition) is 3. The summed E-state index contributed by atoms with van der Waals surface area (Å²) in [5, 5.41) is 3.01. The number of carbonyl (C=O) groups is 1. The van der Waals surface area contributed by atoms with Crippen molar-refractivity contribution in [2.24, 2.45) is 0 Å². The van der Waals surface area contributed by atoms with E-state index in [-0.39, 0.29) is 5.91 Å². The molecule has 0 unspecified atom stereocenters. The maximum absolute atomic E-state index is 12.1. The highest BCUT2D eigenvalue weighted by atomic mass is 16.5. The first kappa shape index (κ1) is 23.6. The average Bonchev–Trinajstić information content (AvgIpc) is 3.20. The molecule has 0 bridgehead atoms. The van der Waals surface area contributed by atoms with Crippen LogP contribution in [0.4, 0.5) is 0 Å². The summed E-state index contributed by atoms with van der Waals surface area (Å²) in [4.78, 5) is 17.0. The van der Waals surface area contributed by atoms with Crippen molar-refractivity contribution in [3.8, 4) is 5.75 Å². The minimum absolute atomic E-state index is 0.00814. The molecule has 5 heteroatoms. The van der Waals surface area contributed by atoms with Crippen LogP contribution in [-0.4, -0.2) is 28.6 Å². The molecule has 0 saturated carbocycles. The van der Waals surface area contributed by atoms with Crippen molar-refractivity contribution in [2.75, 3.05) is 13.2 Å². The number of aryl methyl sites for hydroxylation is 3. The van der Waals surface area contributed by atoms with Crippen molar-refractivity contribution in [2.45, 2.75) is 46.1 Å². The van der Waals surface area contributed by atoms with E-state index in [1.54, 1.807) is 0 Å². The number of rotatable bonds is 11. The summed E-state index contributed by atoms with van der Waals surface area (Å²) < 4.78 is 8.38. The van der Waals surface area contributed by atoms with Crippen molar-refractivity contribution in [3.05, 3.63) is 95.3 Å². The fourth-order valence-electron chi connectivity index (χ4n) is 4.25. The lowest BCUT2D eigenvalue weighted by atomic mass is 10.1. The van der Waals surface area contributed by atoms with Crippen LogP contribution >= 0.6 is 0 Å². The van der Waals surface area contributed by atoms with Gasteiger partial charge in [0.15, 0.2) is 0 Å². The van der Waals surface area contributed by atoms with Crippen molar-refractivity contribution in [1.82, 2.24) is 14.9 Å². The lowest BCUT2D eigenvalue weighted by Gasteiger charge is -2.13. The number of nitrogens with zero attached hydrogens (tertiary/aromatic N) is 2. The van der Waals surface area contributed by atoms with E-state index in [1.165, 1.54) is 5.56 Å². The van der Waals surface area contributed by atoms with Gasteiger partial charge in [-0.25, -0.2) is 4.98 Å². The molecule has 0 spiro atoms. The molecule has 0 radical (unpaired) electrons. The summed E-state index contributed by atoms with van der Waals surface area (Å²) in [6, 6.07) is 23.9. The third-order valence-corrected chi connectivity index (χ3v) is 6.04. The molecular weight excluding hydrogens is 422 g/mol. The molecule has 1 heterocycles. The summed E-state index contributed by atoms with van der Waals surface area (Å²) in [5.74, 6) is 2.03. The van der Waals surface area contributed by atoms with Gasteiger partial charge in [0.2, 0.25) is 0 Å². The maximum atomic E-state index is 12.1. The number of carbonyl (C=O) groups excluding carboxylic acids is 1. The van der Waals surface area contributed by atoms with E-state index in [2.05, 4.69) is 54.1 Å². The SMILES string of the molecule is Cc1ccc(OCCn2c(CCCCCNC(=O)c3ccccc3)nc3ccccc32)c(C)c1. The minimum atomic E-state index is -0.00814. The van der Waals surface area contributed by atoms with Crippen LogP contribution < -0.4 is 10.1 Å². The molecule has 1 aromatic heterocycles. The Kier molecular flexibility index (Phi) is 7.97. The first-order valence-electron chi connectivity index (χ1n) is 12.1. The Morgan fingerprint density at radius 1 is 0.941 bits per heavy atom. The summed E-state index contributed by atoms with van der Waals surface area (Å²) in [6.45, 7) is 6.23. The van der Waals surface area contributed by atoms with Gasteiger partial charge in [-0.1, -0.05) is 54.4 Å². The highest BCUT2D eigenvalue weighted by Crippen LogP contribution is 2.21. The van der Waals surface area contributed by atoms with Crippen LogP contribution in [0.3, 0.4) is 0 Å². The van der Waals surface area contributed by atoms with Gasteiger partial charge in [-0.3, -0.25) is 4.79 Å². The quantitative estimate of drug-likeness (QED) is 0.288. The molecule has 0 fully saturated rings.